The fourth-order valence-electron chi connectivity index (χ4n) is 3.07. The number of aromatic nitrogens is 2. The van der Waals surface area contributed by atoms with E-state index in [4.69, 9.17) is 5.73 Å². The third-order valence-electron chi connectivity index (χ3n) is 4.28. The van der Waals surface area contributed by atoms with Crippen molar-refractivity contribution in [3.63, 3.8) is 0 Å². The van der Waals surface area contributed by atoms with Crippen LogP contribution in [0.15, 0.2) is 36.4 Å². The van der Waals surface area contributed by atoms with Gasteiger partial charge in [-0.2, -0.15) is 5.10 Å². The summed E-state index contributed by atoms with van der Waals surface area (Å²) in [7, 11) is 0. The first kappa shape index (κ1) is 14.8. The lowest BCUT2D eigenvalue weighted by Crippen LogP contribution is -2.48. The normalized spacial score (nSPS) is 21.9. The highest BCUT2D eigenvalue weighted by molar-refractivity contribution is 5.92. The molecule has 5 nitrogen and oxygen atoms in total. The van der Waals surface area contributed by atoms with Crippen molar-refractivity contribution in [2.75, 3.05) is 6.54 Å². The van der Waals surface area contributed by atoms with Gasteiger partial charge in [0, 0.05) is 24.3 Å². The van der Waals surface area contributed by atoms with Crippen LogP contribution in [-0.4, -0.2) is 39.2 Å². The molecule has 2 heterocycles. The van der Waals surface area contributed by atoms with Gasteiger partial charge in [0.1, 0.15) is 0 Å². The Morgan fingerprint density at radius 1 is 1.32 bits per heavy atom. The maximum Gasteiger partial charge on any atom is 0.274 e. The van der Waals surface area contributed by atoms with E-state index < -0.39 is 0 Å². The summed E-state index contributed by atoms with van der Waals surface area (Å²) in [4.78, 5) is 14.6. The predicted molar refractivity (Wildman–Crippen MR) is 86.0 cm³/mol. The Kier molecular flexibility index (Phi) is 3.98. The van der Waals surface area contributed by atoms with Crippen LogP contribution in [0.3, 0.4) is 0 Å². The SMILES string of the molecule is Cc1cc(C(=O)N2CC[C@@H](N)C[C@@H]2C)nn1-c1ccccc1. The van der Waals surface area contributed by atoms with E-state index in [1.165, 1.54) is 0 Å². The molecule has 1 aliphatic heterocycles. The van der Waals surface area contributed by atoms with Crippen LogP contribution in [0, 0.1) is 6.92 Å². The molecule has 0 bridgehead atoms. The predicted octanol–water partition coefficient (Wildman–Crippen LogP) is 2.13. The zero-order valence-corrected chi connectivity index (χ0v) is 13.1. The minimum absolute atomic E-state index is 0.00261. The van der Waals surface area contributed by atoms with Crippen molar-refractivity contribution >= 4 is 5.91 Å². The zero-order valence-electron chi connectivity index (χ0n) is 13.1. The van der Waals surface area contributed by atoms with Crippen molar-refractivity contribution in [2.24, 2.45) is 5.73 Å². The first-order valence-corrected chi connectivity index (χ1v) is 7.75. The van der Waals surface area contributed by atoms with E-state index in [-0.39, 0.29) is 18.0 Å². The lowest BCUT2D eigenvalue weighted by Gasteiger charge is -2.35. The number of aryl methyl sites for hydroxylation is 1. The number of para-hydroxylation sites is 1. The molecule has 22 heavy (non-hydrogen) atoms. The number of benzene rings is 1. The summed E-state index contributed by atoms with van der Waals surface area (Å²) >= 11 is 0. The van der Waals surface area contributed by atoms with Crippen molar-refractivity contribution < 1.29 is 4.79 Å². The molecule has 1 fully saturated rings. The molecule has 0 saturated carbocycles. The summed E-state index contributed by atoms with van der Waals surface area (Å²) in [6.45, 7) is 4.72. The Morgan fingerprint density at radius 3 is 2.73 bits per heavy atom. The van der Waals surface area contributed by atoms with Crippen LogP contribution in [0.1, 0.15) is 35.9 Å². The number of carbonyl (C=O) groups excluding carboxylic acids is 1. The van der Waals surface area contributed by atoms with Gasteiger partial charge in [0.05, 0.1) is 5.69 Å². The second kappa shape index (κ2) is 5.93. The third kappa shape index (κ3) is 2.76. The summed E-state index contributed by atoms with van der Waals surface area (Å²) in [5.41, 5.74) is 8.40. The molecule has 0 radical (unpaired) electrons. The standard InChI is InChI=1S/C17H22N4O/c1-12-10-14(18)8-9-20(12)17(22)16-11-13(2)21(19-16)15-6-4-3-5-7-15/h3-7,11-12,14H,8-10,18H2,1-2H3/t12-,14+/m0/s1. The molecule has 1 aromatic carbocycles. The van der Waals surface area contributed by atoms with Crippen LogP contribution in [-0.2, 0) is 0 Å². The third-order valence-corrected chi connectivity index (χ3v) is 4.28. The van der Waals surface area contributed by atoms with Crippen LogP contribution < -0.4 is 5.73 Å². The van der Waals surface area contributed by atoms with Gasteiger partial charge >= 0.3 is 0 Å². The molecule has 3 rings (SSSR count). The van der Waals surface area contributed by atoms with Crippen LogP contribution in [0.5, 0.6) is 0 Å². The molecule has 1 amide bonds. The summed E-state index contributed by atoms with van der Waals surface area (Å²) in [5, 5.41) is 4.50. The molecule has 5 heteroatoms. The molecule has 2 aromatic rings. The minimum atomic E-state index is -0.00261. The maximum absolute atomic E-state index is 12.7. The highest BCUT2D eigenvalue weighted by atomic mass is 16.2. The molecule has 1 aliphatic rings. The van der Waals surface area contributed by atoms with Gasteiger partial charge in [0.2, 0.25) is 0 Å². The molecule has 1 aromatic heterocycles. The van der Waals surface area contributed by atoms with Gasteiger partial charge in [-0.15, -0.1) is 0 Å². The molecule has 0 unspecified atom stereocenters. The Hall–Kier alpha value is -2.14. The highest BCUT2D eigenvalue weighted by Crippen LogP contribution is 2.20. The van der Waals surface area contributed by atoms with E-state index in [2.05, 4.69) is 12.0 Å². The molecule has 2 N–H and O–H groups in total. The van der Waals surface area contributed by atoms with Crippen LogP contribution >= 0.6 is 0 Å². The Balaban J connectivity index is 1.85. The number of hydrogen-bond donors (Lipinski definition) is 1. The number of nitrogens with two attached hydrogens (primary N) is 1. The smallest absolute Gasteiger partial charge is 0.274 e. The van der Waals surface area contributed by atoms with Crippen LogP contribution in [0.4, 0.5) is 0 Å². The van der Waals surface area contributed by atoms with Gasteiger partial charge in [0.15, 0.2) is 5.69 Å². The number of carbonyl (C=O) groups is 1. The fourth-order valence-corrected chi connectivity index (χ4v) is 3.07. The van der Waals surface area contributed by atoms with Crippen LogP contribution in [0.25, 0.3) is 5.69 Å². The van der Waals surface area contributed by atoms with Gasteiger partial charge in [0.25, 0.3) is 5.91 Å². The van der Waals surface area contributed by atoms with Gasteiger partial charge in [-0.25, -0.2) is 4.68 Å². The molecular formula is C17H22N4O. The highest BCUT2D eigenvalue weighted by Gasteiger charge is 2.29. The average Bonchev–Trinajstić information content (AvgIpc) is 2.89. The molecule has 1 saturated heterocycles. The summed E-state index contributed by atoms with van der Waals surface area (Å²) in [5.74, 6) is -0.00261. The molecular weight excluding hydrogens is 276 g/mol. The molecule has 0 aliphatic carbocycles. The first-order chi connectivity index (χ1) is 10.6. The summed E-state index contributed by atoms with van der Waals surface area (Å²) < 4.78 is 1.81. The molecule has 2 atom stereocenters. The molecule has 0 spiro atoms. The average molecular weight is 298 g/mol. The molecule has 116 valence electrons. The Bertz CT molecular complexity index is 665. The quantitative estimate of drug-likeness (QED) is 0.924. The van der Waals surface area contributed by atoms with E-state index in [1.807, 2.05) is 52.9 Å². The largest absolute Gasteiger partial charge is 0.334 e. The second-order valence-corrected chi connectivity index (χ2v) is 6.05. The van der Waals surface area contributed by atoms with Crippen molar-refractivity contribution in [1.29, 1.82) is 0 Å². The maximum atomic E-state index is 12.7. The number of rotatable bonds is 2. The van der Waals surface area contributed by atoms with Gasteiger partial charge < -0.3 is 10.6 Å². The van der Waals surface area contributed by atoms with E-state index in [0.29, 0.717) is 12.2 Å². The fraction of sp³-hybridized carbons (Fsp3) is 0.412. The van der Waals surface area contributed by atoms with E-state index in [1.54, 1.807) is 0 Å². The van der Waals surface area contributed by atoms with Gasteiger partial charge in [-0.1, -0.05) is 18.2 Å². The van der Waals surface area contributed by atoms with E-state index >= 15 is 0 Å². The minimum Gasteiger partial charge on any atom is -0.334 e. The number of likely N-dealkylation sites (tertiary alicyclic amines) is 1. The Labute approximate surface area is 130 Å². The van der Waals surface area contributed by atoms with Gasteiger partial charge in [-0.05, 0) is 44.9 Å². The monoisotopic (exact) mass is 298 g/mol. The van der Waals surface area contributed by atoms with Crippen molar-refractivity contribution in [2.45, 2.75) is 38.8 Å². The second-order valence-electron chi connectivity index (χ2n) is 6.05. The zero-order chi connectivity index (χ0) is 15.7. The first-order valence-electron chi connectivity index (χ1n) is 7.75. The lowest BCUT2D eigenvalue weighted by molar-refractivity contribution is 0.0612. The van der Waals surface area contributed by atoms with E-state index in [0.717, 1.165) is 24.2 Å². The summed E-state index contributed by atoms with van der Waals surface area (Å²) in [6.07, 6.45) is 1.71. The lowest BCUT2D eigenvalue weighted by atomic mass is 9.99. The number of nitrogens with zero attached hydrogens (tertiary/aromatic N) is 3. The number of hydrogen-bond acceptors (Lipinski definition) is 3. The summed E-state index contributed by atoms with van der Waals surface area (Å²) in [6, 6.07) is 12.1. The number of amides is 1. The van der Waals surface area contributed by atoms with E-state index in [9.17, 15) is 4.79 Å². The Morgan fingerprint density at radius 2 is 2.05 bits per heavy atom. The van der Waals surface area contributed by atoms with Crippen molar-refractivity contribution in [3.8, 4) is 5.69 Å². The number of piperidine rings is 1. The van der Waals surface area contributed by atoms with Crippen molar-refractivity contribution in [3.05, 3.63) is 47.8 Å². The van der Waals surface area contributed by atoms with Gasteiger partial charge in [-0.3, -0.25) is 4.79 Å². The van der Waals surface area contributed by atoms with Crippen LogP contribution in [0.2, 0.25) is 0 Å². The topological polar surface area (TPSA) is 64.2 Å². The van der Waals surface area contributed by atoms with Crippen molar-refractivity contribution in [1.82, 2.24) is 14.7 Å².